The zero-order valence-corrected chi connectivity index (χ0v) is 47.6. The molecule has 2 spiro atoms. The predicted octanol–water partition coefficient (Wildman–Crippen LogP) is 10.5. The Bertz CT molecular complexity index is 2230. The van der Waals surface area contributed by atoms with E-state index in [0.29, 0.717) is 71.4 Å². The van der Waals surface area contributed by atoms with E-state index >= 15 is 4.79 Å². The van der Waals surface area contributed by atoms with Crippen LogP contribution in [-0.4, -0.2) is 101 Å². The second kappa shape index (κ2) is 18.2. The fraction of sp³-hybridized carbons (Fsp3) is 0.935. The molecule has 12 fully saturated rings. The van der Waals surface area contributed by atoms with Crippen molar-refractivity contribution in [3.63, 3.8) is 0 Å². The Labute approximate surface area is 444 Å². The number of oxime groups is 1. The fourth-order valence-electron chi connectivity index (χ4n) is 21.6. The summed E-state index contributed by atoms with van der Waals surface area (Å²) in [6.45, 7) is 26.1. The Morgan fingerprint density at radius 3 is 1.80 bits per heavy atom. The minimum Gasteiger partial charge on any atom is -0.393 e. The number of fused-ring (bicyclic) bond motifs is 14. The quantitative estimate of drug-likeness (QED) is 0.248. The molecule has 12 aliphatic rings. The Morgan fingerprint density at radius 2 is 1.23 bits per heavy atom. The third-order valence-electron chi connectivity index (χ3n) is 25.5. The smallest absolute Gasteiger partial charge is 0.264 e. The van der Waals surface area contributed by atoms with Gasteiger partial charge in [0.05, 0.1) is 43.8 Å². The third-order valence-corrected chi connectivity index (χ3v) is 25.5. The van der Waals surface area contributed by atoms with Crippen molar-refractivity contribution in [3.05, 3.63) is 0 Å². The molecule has 0 unspecified atom stereocenters. The number of nitrogens with zero attached hydrogens (tertiary/aromatic N) is 2. The third kappa shape index (κ3) is 7.90. The van der Waals surface area contributed by atoms with Crippen LogP contribution in [0.5, 0.6) is 0 Å². The van der Waals surface area contributed by atoms with Gasteiger partial charge in [-0.3, -0.25) is 14.4 Å². The molecule has 4 saturated heterocycles. The van der Waals surface area contributed by atoms with Gasteiger partial charge in [-0.05, 0) is 187 Å². The molecule has 12 heteroatoms. The number of rotatable bonds is 6. The van der Waals surface area contributed by atoms with Crippen LogP contribution in [0.2, 0.25) is 0 Å². The van der Waals surface area contributed by atoms with E-state index in [1.807, 2.05) is 25.7 Å². The second-order valence-corrected chi connectivity index (χ2v) is 30.1. The molecule has 74 heavy (non-hydrogen) atoms. The molecule has 0 bridgehead atoms. The Hall–Kier alpha value is -2.12. The van der Waals surface area contributed by atoms with Gasteiger partial charge in [-0.25, -0.2) is 0 Å². The summed E-state index contributed by atoms with van der Waals surface area (Å²) in [6.07, 6.45) is 17.2. The number of Topliss-reactive ketones (excluding diaryl/α,β-unsaturated/α-hetero) is 1. The average Bonchev–Trinajstić information content (AvgIpc) is 4.00. The van der Waals surface area contributed by atoms with Crippen molar-refractivity contribution in [1.82, 2.24) is 10.2 Å². The summed E-state index contributed by atoms with van der Waals surface area (Å²) in [6, 6.07) is -0.113. The van der Waals surface area contributed by atoms with Gasteiger partial charge in [0.1, 0.15) is 5.78 Å². The van der Waals surface area contributed by atoms with E-state index in [-0.39, 0.29) is 89.2 Å². The number of hydrogen-bond acceptors (Lipinski definition) is 10. The van der Waals surface area contributed by atoms with Crippen molar-refractivity contribution >= 4 is 23.3 Å². The average molecular weight is 1030 g/mol. The molecule has 12 nitrogen and oxygen atoms in total. The minimum atomic E-state index is -0.565. The van der Waals surface area contributed by atoms with Crippen molar-refractivity contribution < 1.29 is 43.3 Å². The van der Waals surface area contributed by atoms with Crippen LogP contribution in [0.15, 0.2) is 5.16 Å². The molecular weight excluding hydrogens is 931 g/mol. The van der Waals surface area contributed by atoms with E-state index in [2.05, 4.69) is 60.7 Å². The van der Waals surface area contributed by atoms with Crippen molar-refractivity contribution in [3.8, 4) is 0 Å². The number of aliphatic hydroxyl groups excluding tert-OH is 1. The molecule has 2 N–H and O–H groups in total. The van der Waals surface area contributed by atoms with Gasteiger partial charge in [-0.15, -0.1) is 0 Å². The number of carbonyl (C=O) groups excluding carboxylic acids is 3. The highest BCUT2D eigenvalue weighted by molar-refractivity contribution is 5.92. The van der Waals surface area contributed by atoms with Gasteiger partial charge in [0, 0.05) is 65.3 Å². The van der Waals surface area contributed by atoms with E-state index < -0.39 is 22.5 Å². The molecule has 24 atom stereocenters. The van der Waals surface area contributed by atoms with E-state index in [0.717, 1.165) is 115 Å². The zero-order chi connectivity index (χ0) is 52.3. The summed E-state index contributed by atoms with van der Waals surface area (Å²) in [7, 11) is 0. The van der Waals surface area contributed by atoms with Crippen LogP contribution in [0, 0.1) is 105 Å². The summed E-state index contributed by atoms with van der Waals surface area (Å²) < 4.78 is 27.5. The van der Waals surface area contributed by atoms with Crippen LogP contribution >= 0.6 is 0 Å². The molecule has 0 aromatic rings. The lowest BCUT2D eigenvalue weighted by molar-refractivity contribution is -0.272. The van der Waals surface area contributed by atoms with Gasteiger partial charge in [0.25, 0.3) is 5.91 Å². The van der Waals surface area contributed by atoms with Crippen LogP contribution in [0.25, 0.3) is 0 Å². The van der Waals surface area contributed by atoms with Crippen molar-refractivity contribution in [2.45, 2.75) is 233 Å². The van der Waals surface area contributed by atoms with Crippen LogP contribution < -0.4 is 5.32 Å². The first-order valence-corrected chi connectivity index (χ1v) is 30.6. The van der Waals surface area contributed by atoms with Crippen molar-refractivity contribution in [2.24, 2.45) is 110 Å². The lowest BCUT2D eigenvalue weighted by Gasteiger charge is -2.61. The summed E-state index contributed by atoms with van der Waals surface area (Å²) in [5.41, 5.74) is 0.0595. The Balaban J connectivity index is 0.782. The second-order valence-electron chi connectivity index (χ2n) is 30.1. The molecule has 0 aromatic heterocycles. The molecule has 12 rings (SSSR count). The van der Waals surface area contributed by atoms with Gasteiger partial charge < -0.3 is 39.1 Å². The molecule has 0 radical (unpaired) electrons. The number of amides is 2. The number of ketones is 1. The summed E-state index contributed by atoms with van der Waals surface area (Å²) in [4.78, 5) is 52.2. The number of nitrogens with one attached hydrogen (secondary N) is 1. The Morgan fingerprint density at radius 1 is 0.689 bits per heavy atom. The van der Waals surface area contributed by atoms with Crippen LogP contribution in [0.4, 0.5) is 0 Å². The van der Waals surface area contributed by atoms with Gasteiger partial charge in [0.15, 0.2) is 18.2 Å². The monoisotopic (exact) mass is 1030 g/mol. The first-order chi connectivity index (χ1) is 34.9. The van der Waals surface area contributed by atoms with E-state index in [1.54, 1.807) is 0 Å². The maximum Gasteiger partial charge on any atom is 0.264 e. The number of hydrogen-bond donors (Lipinski definition) is 2. The molecule has 4 heterocycles. The molecule has 4 aliphatic heterocycles. The summed E-state index contributed by atoms with van der Waals surface area (Å²) >= 11 is 0. The maximum atomic E-state index is 15.0. The van der Waals surface area contributed by atoms with Crippen molar-refractivity contribution in [2.75, 3.05) is 26.4 Å². The molecule has 8 aliphatic carbocycles. The lowest BCUT2D eigenvalue weighted by Crippen LogP contribution is -2.60. The van der Waals surface area contributed by atoms with Crippen molar-refractivity contribution in [1.29, 1.82) is 0 Å². The largest absolute Gasteiger partial charge is 0.393 e. The fourth-order valence-corrected chi connectivity index (χ4v) is 21.6. The first-order valence-electron chi connectivity index (χ1n) is 30.6. The SMILES string of the molecule is C[C@@H]1CC[C@@]2(OC1)O[C@H]1C[C@H]3[C@@H]4CC[C@H]5C[C@H](N(CC(=O)NC(C)(C)C)C(=O)CO/N=C6\C[C@H]7[C@@H](CC[C@H]8C[C@@H](O)CC[C@@]87C)[C@@H]7C[C@@H]8O[C@]9(CC[C@@H](C)CO9)[C@@H](C)[C@@H]8[C@@]67C)CC[C@]5(C)[C@H]4CC(=O)[C@]3(C)[C@H]1[C@@H]2C. The zero-order valence-electron chi connectivity index (χ0n) is 47.6. The van der Waals surface area contributed by atoms with Gasteiger partial charge in [-0.1, -0.05) is 60.5 Å². The molecule has 0 aromatic carbocycles. The lowest BCUT2D eigenvalue weighted by atomic mass is 9.44. The first kappa shape index (κ1) is 52.6. The van der Waals surface area contributed by atoms with Gasteiger partial charge in [-0.2, -0.15) is 0 Å². The van der Waals surface area contributed by atoms with Gasteiger partial charge in [0.2, 0.25) is 5.91 Å². The number of aliphatic hydroxyl groups is 1. The van der Waals surface area contributed by atoms with Crippen LogP contribution in [0.3, 0.4) is 0 Å². The topological polar surface area (TPSA) is 145 Å². The number of carbonyl (C=O) groups is 3. The highest BCUT2D eigenvalue weighted by atomic mass is 16.7. The predicted molar refractivity (Wildman–Crippen MR) is 282 cm³/mol. The highest BCUT2D eigenvalue weighted by Crippen LogP contribution is 2.73. The number of ether oxygens (including phenoxy) is 4. The maximum absolute atomic E-state index is 15.0. The van der Waals surface area contributed by atoms with Gasteiger partial charge >= 0.3 is 0 Å². The standard InChI is InChI=1S/C62H97N3O9/c1-34-16-22-61(70-31-34)36(3)54-48(73-61)26-46-42-15-13-39-25-41(66)19-21-58(39,9)44(42)28-50(59(46,54)10)64-72-33-53(69)65(30-52(68)63-56(5,6)7)40-18-20-57(8)38(24-40)12-14-43-45(57)29-51(67)60(11)47(43)27-49-55(60)37(4)62(74-49)23-17-35(2)32-71-62/h34-49,54-55,66H,12-33H2,1-11H3,(H,63,68)/b64-50+/t34-,35-,36+,37+,38+,39+,40-,41+,42-,43-,44+,45+,46+,47+,48+,49+,54+,55+,57+,58+,59-,60-,61-,62-/m1/s1. The van der Waals surface area contributed by atoms with E-state index in [4.69, 9.17) is 28.9 Å². The summed E-state index contributed by atoms with van der Waals surface area (Å²) in [5, 5.41) is 19.3. The molecule has 2 amide bonds. The Kier molecular flexibility index (Phi) is 12.9. The van der Waals surface area contributed by atoms with Crippen LogP contribution in [0.1, 0.15) is 192 Å². The van der Waals surface area contributed by atoms with E-state index in [1.165, 1.54) is 12.8 Å². The molecule has 8 saturated carbocycles. The normalized spacial score (nSPS) is 53.8. The summed E-state index contributed by atoms with van der Waals surface area (Å²) in [5.74, 6) is 4.15. The highest BCUT2D eigenvalue weighted by Gasteiger charge is 2.74. The minimum absolute atomic E-state index is 0.0192. The van der Waals surface area contributed by atoms with Crippen LogP contribution in [-0.2, 0) is 38.2 Å². The molecular formula is C62H97N3O9. The molecule has 414 valence electrons. The van der Waals surface area contributed by atoms with E-state index in [9.17, 15) is 14.7 Å².